The maximum absolute atomic E-state index is 13.7. The lowest BCUT2D eigenvalue weighted by Gasteiger charge is -2.02. The van der Waals surface area contributed by atoms with E-state index in [-0.39, 0.29) is 5.56 Å². The van der Waals surface area contributed by atoms with Crippen LogP contribution in [0, 0.1) is 5.82 Å². The number of aromatic nitrogens is 2. The van der Waals surface area contributed by atoms with Gasteiger partial charge >= 0.3 is 0 Å². The van der Waals surface area contributed by atoms with Gasteiger partial charge in [-0.2, -0.15) is 0 Å². The van der Waals surface area contributed by atoms with E-state index in [4.69, 9.17) is 5.11 Å². The minimum absolute atomic E-state index is 0.0706. The van der Waals surface area contributed by atoms with Crippen LogP contribution in [0.1, 0.15) is 5.56 Å². The number of nitrogens with zero attached hydrogens (tertiary/aromatic N) is 2. The van der Waals surface area contributed by atoms with Crippen molar-refractivity contribution in [1.82, 2.24) is 9.97 Å². The molecule has 0 bridgehead atoms. The van der Waals surface area contributed by atoms with Crippen LogP contribution in [0.5, 0.6) is 0 Å². The van der Waals surface area contributed by atoms with Crippen molar-refractivity contribution in [3.63, 3.8) is 0 Å². The van der Waals surface area contributed by atoms with E-state index in [0.717, 1.165) is 6.08 Å². The molecular weight excluding hydrogens is 238 g/mol. The summed E-state index contributed by atoms with van der Waals surface area (Å²) >= 11 is 0. The summed E-state index contributed by atoms with van der Waals surface area (Å²) in [6.07, 6.45) is 4.06. The first-order valence-corrected chi connectivity index (χ1v) is 5.24. The average Bonchev–Trinajstić information content (AvgIpc) is 2.42. The Kier molecular flexibility index (Phi) is 3.74. The van der Waals surface area contributed by atoms with Gasteiger partial charge in [-0.15, -0.1) is 0 Å². The summed E-state index contributed by atoms with van der Waals surface area (Å²) in [6.45, 7) is -0.747. The largest absolute Gasteiger partial charge is 0.389 e. The molecule has 0 aliphatic carbocycles. The van der Waals surface area contributed by atoms with Crippen molar-refractivity contribution in [1.29, 1.82) is 0 Å². The van der Waals surface area contributed by atoms with Gasteiger partial charge in [0.1, 0.15) is 11.6 Å². The van der Waals surface area contributed by atoms with Crippen molar-refractivity contribution in [2.24, 2.45) is 0 Å². The second-order valence-corrected chi connectivity index (χ2v) is 3.56. The highest BCUT2D eigenvalue weighted by atomic mass is 19.1. The molecule has 0 fully saturated rings. The fraction of sp³-hybridized carbons (Fsp3) is 0.0769. The first kappa shape index (κ1) is 12.3. The third kappa shape index (κ3) is 2.75. The second kappa shape index (κ2) is 5.46. The van der Waals surface area contributed by atoms with E-state index >= 15 is 0 Å². The molecule has 0 spiro atoms. The molecule has 2 rings (SSSR count). The third-order valence-electron chi connectivity index (χ3n) is 2.29. The molecule has 0 radical (unpaired) electrons. The molecule has 18 heavy (non-hydrogen) atoms. The molecule has 1 aromatic heterocycles. The fourth-order valence-corrected chi connectivity index (χ4v) is 1.45. The van der Waals surface area contributed by atoms with Gasteiger partial charge in [-0.25, -0.2) is 18.7 Å². The Balaban J connectivity index is 2.37. The normalized spacial score (nSPS) is 11.6. The van der Waals surface area contributed by atoms with Crippen molar-refractivity contribution in [2.75, 3.05) is 6.61 Å². The number of halogens is 2. The molecule has 0 aliphatic heterocycles. The molecule has 0 saturated heterocycles. The molecule has 1 aromatic carbocycles. The molecule has 0 unspecified atom stereocenters. The van der Waals surface area contributed by atoms with E-state index in [0.29, 0.717) is 11.4 Å². The smallest absolute Gasteiger partial charge is 0.159 e. The van der Waals surface area contributed by atoms with Gasteiger partial charge in [0, 0.05) is 23.5 Å². The Morgan fingerprint density at radius 2 is 2.00 bits per heavy atom. The van der Waals surface area contributed by atoms with Crippen LogP contribution >= 0.6 is 0 Å². The number of rotatable bonds is 3. The zero-order valence-electron chi connectivity index (χ0n) is 9.35. The van der Waals surface area contributed by atoms with Gasteiger partial charge in [0.25, 0.3) is 0 Å². The fourth-order valence-electron chi connectivity index (χ4n) is 1.45. The van der Waals surface area contributed by atoms with Gasteiger partial charge in [-0.1, -0.05) is 12.1 Å². The lowest BCUT2D eigenvalue weighted by Crippen LogP contribution is -1.91. The molecule has 0 amide bonds. The molecule has 92 valence electrons. The van der Waals surface area contributed by atoms with Gasteiger partial charge in [0.2, 0.25) is 0 Å². The van der Waals surface area contributed by atoms with E-state index < -0.39 is 18.3 Å². The molecule has 1 heterocycles. The summed E-state index contributed by atoms with van der Waals surface area (Å²) in [5.74, 6) is -0.990. The monoisotopic (exact) mass is 248 g/mol. The Bertz CT molecular complexity index is 570. The quantitative estimate of drug-likeness (QED) is 0.908. The van der Waals surface area contributed by atoms with Gasteiger partial charge in [-0.05, 0) is 18.2 Å². The van der Waals surface area contributed by atoms with Crippen LogP contribution in [0.4, 0.5) is 8.78 Å². The standard InChI is InChI=1S/C13H10F2N2O/c14-11(8-18)6-9-2-3-10(7-12(9)15)13-16-4-1-5-17-13/h1-7,18H,8H2. The highest BCUT2D eigenvalue weighted by Crippen LogP contribution is 2.20. The zero-order valence-corrected chi connectivity index (χ0v) is 9.35. The average molecular weight is 248 g/mol. The van der Waals surface area contributed by atoms with Crippen LogP contribution in [-0.2, 0) is 0 Å². The number of benzene rings is 1. The first-order chi connectivity index (χ1) is 8.70. The SMILES string of the molecule is OCC(F)=Cc1ccc(-c2ncccn2)cc1F. The van der Waals surface area contributed by atoms with E-state index in [1.807, 2.05) is 0 Å². The van der Waals surface area contributed by atoms with Crippen molar-refractivity contribution < 1.29 is 13.9 Å². The van der Waals surface area contributed by atoms with E-state index in [1.54, 1.807) is 24.5 Å². The molecule has 2 aromatic rings. The predicted octanol–water partition coefficient (Wildman–Crippen LogP) is 2.59. The summed E-state index contributed by atoms with van der Waals surface area (Å²) in [6, 6.07) is 5.89. The van der Waals surface area contributed by atoms with Gasteiger partial charge < -0.3 is 5.11 Å². The van der Waals surface area contributed by atoms with Crippen LogP contribution in [0.15, 0.2) is 42.5 Å². The lowest BCUT2D eigenvalue weighted by molar-refractivity contribution is 0.300. The highest BCUT2D eigenvalue weighted by Gasteiger charge is 2.06. The summed E-state index contributed by atoms with van der Waals surface area (Å²) in [5.41, 5.74) is 0.580. The van der Waals surface area contributed by atoms with Crippen LogP contribution in [0.2, 0.25) is 0 Å². The molecule has 0 aliphatic rings. The summed E-state index contributed by atoms with van der Waals surface area (Å²) in [5, 5.41) is 8.53. The molecule has 0 atom stereocenters. The minimum Gasteiger partial charge on any atom is -0.389 e. The summed E-state index contributed by atoms with van der Waals surface area (Å²) in [4.78, 5) is 7.98. The van der Waals surface area contributed by atoms with Gasteiger partial charge in [0.15, 0.2) is 5.82 Å². The Hall–Kier alpha value is -2.14. The maximum Gasteiger partial charge on any atom is 0.159 e. The number of aliphatic hydroxyl groups excluding tert-OH is 1. The van der Waals surface area contributed by atoms with Crippen molar-refractivity contribution >= 4 is 6.08 Å². The maximum atomic E-state index is 13.7. The Labute approximate surface area is 102 Å². The molecule has 0 saturated carbocycles. The predicted molar refractivity (Wildman–Crippen MR) is 63.6 cm³/mol. The number of hydrogen-bond donors (Lipinski definition) is 1. The molecule has 1 N–H and O–H groups in total. The number of hydrogen-bond acceptors (Lipinski definition) is 3. The molecule has 3 nitrogen and oxygen atoms in total. The zero-order chi connectivity index (χ0) is 13.0. The van der Waals surface area contributed by atoms with E-state index in [1.165, 1.54) is 12.1 Å². The lowest BCUT2D eigenvalue weighted by atomic mass is 10.1. The van der Waals surface area contributed by atoms with Crippen molar-refractivity contribution in [3.05, 3.63) is 53.9 Å². The molecular formula is C13H10F2N2O. The Morgan fingerprint density at radius 3 is 2.61 bits per heavy atom. The van der Waals surface area contributed by atoms with E-state index in [9.17, 15) is 8.78 Å². The highest BCUT2D eigenvalue weighted by molar-refractivity contribution is 5.60. The van der Waals surface area contributed by atoms with Crippen LogP contribution < -0.4 is 0 Å². The second-order valence-electron chi connectivity index (χ2n) is 3.56. The van der Waals surface area contributed by atoms with Crippen LogP contribution in [0.25, 0.3) is 17.5 Å². The van der Waals surface area contributed by atoms with Gasteiger partial charge in [0.05, 0.1) is 6.61 Å². The topological polar surface area (TPSA) is 46.0 Å². The summed E-state index contributed by atoms with van der Waals surface area (Å²) in [7, 11) is 0. The van der Waals surface area contributed by atoms with Crippen LogP contribution in [0.3, 0.4) is 0 Å². The minimum atomic E-state index is -0.794. The van der Waals surface area contributed by atoms with Crippen molar-refractivity contribution in [3.8, 4) is 11.4 Å². The van der Waals surface area contributed by atoms with E-state index in [2.05, 4.69) is 9.97 Å². The van der Waals surface area contributed by atoms with Crippen LogP contribution in [-0.4, -0.2) is 21.7 Å². The first-order valence-electron chi connectivity index (χ1n) is 5.24. The Morgan fingerprint density at radius 1 is 1.28 bits per heavy atom. The number of aliphatic hydroxyl groups is 1. The molecule has 5 heteroatoms. The summed E-state index contributed by atoms with van der Waals surface area (Å²) < 4.78 is 26.5. The third-order valence-corrected chi connectivity index (χ3v) is 2.29. The van der Waals surface area contributed by atoms with Gasteiger partial charge in [-0.3, -0.25) is 0 Å². The van der Waals surface area contributed by atoms with Crippen molar-refractivity contribution in [2.45, 2.75) is 0 Å².